The SMILES string of the molecule is CCOC(=O)C1=C(C)OC(N)=C(C#N)[C@@H]1c1cc(C)ccc1C. The van der Waals surface area contributed by atoms with E-state index in [4.69, 9.17) is 15.2 Å². The van der Waals surface area contributed by atoms with E-state index < -0.39 is 11.9 Å². The first kappa shape index (κ1) is 16.6. The zero-order valence-electron chi connectivity index (χ0n) is 13.8. The molecule has 1 heterocycles. The highest BCUT2D eigenvalue weighted by Gasteiger charge is 2.36. The molecule has 120 valence electrons. The predicted molar refractivity (Wildman–Crippen MR) is 85.9 cm³/mol. The van der Waals surface area contributed by atoms with Crippen molar-refractivity contribution in [2.75, 3.05) is 6.61 Å². The maximum absolute atomic E-state index is 12.4. The molecule has 0 saturated heterocycles. The van der Waals surface area contributed by atoms with Crippen molar-refractivity contribution in [2.24, 2.45) is 5.73 Å². The average molecular weight is 312 g/mol. The highest BCUT2D eigenvalue weighted by Crippen LogP contribution is 2.40. The summed E-state index contributed by atoms with van der Waals surface area (Å²) in [6.45, 7) is 7.54. The topological polar surface area (TPSA) is 85.3 Å². The fraction of sp³-hybridized carbons (Fsp3) is 0.333. The lowest BCUT2D eigenvalue weighted by Crippen LogP contribution is -2.26. The molecular formula is C18H20N2O3. The van der Waals surface area contributed by atoms with Gasteiger partial charge in [0, 0.05) is 0 Å². The molecule has 0 fully saturated rings. The molecule has 5 heteroatoms. The monoisotopic (exact) mass is 312 g/mol. The highest BCUT2D eigenvalue weighted by molar-refractivity contribution is 5.92. The zero-order chi connectivity index (χ0) is 17.1. The molecule has 1 aliphatic rings. The van der Waals surface area contributed by atoms with Crippen molar-refractivity contribution in [3.05, 3.63) is 57.7 Å². The molecule has 0 saturated carbocycles. The summed E-state index contributed by atoms with van der Waals surface area (Å²) in [5.74, 6) is -0.668. The summed E-state index contributed by atoms with van der Waals surface area (Å²) in [5.41, 5.74) is 9.30. The summed E-state index contributed by atoms with van der Waals surface area (Å²) in [4.78, 5) is 12.4. The zero-order valence-corrected chi connectivity index (χ0v) is 13.8. The standard InChI is InChI=1S/C18H20N2O3/c1-5-22-18(21)15-12(4)23-17(20)14(9-19)16(15)13-8-10(2)6-7-11(13)3/h6-8,16H,5,20H2,1-4H3/t16-/m0/s1. The van der Waals surface area contributed by atoms with Crippen molar-refractivity contribution in [1.82, 2.24) is 0 Å². The summed E-state index contributed by atoms with van der Waals surface area (Å²) in [6.07, 6.45) is 0. The van der Waals surface area contributed by atoms with E-state index in [1.165, 1.54) is 0 Å². The van der Waals surface area contributed by atoms with E-state index in [0.29, 0.717) is 11.3 Å². The second-order valence-electron chi connectivity index (χ2n) is 5.48. The molecule has 1 aromatic carbocycles. The number of nitriles is 1. The van der Waals surface area contributed by atoms with Crippen LogP contribution in [0.15, 0.2) is 41.0 Å². The smallest absolute Gasteiger partial charge is 0.338 e. The highest BCUT2D eigenvalue weighted by atomic mass is 16.5. The number of nitrogens with two attached hydrogens (primary N) is 1. The fourth-order valence-electron chi connectivity index (χ4n) is 2.74. The van der Waals surface area contributed by atoms with E-state index in [9.17, 15) is 10.1 Å². The van der Waals surface area contributed by atoms with Gasteiger partial charge in [0.1, 0.15) is 17.4 Å². The van der Waals surface area contributed by atoms with Crippen LogP contribution in [0.25, 0.3) is 0 Å². The van der Waals surface area contributed by atoms with E-state index in [2.05, 4.69) is 6.07 Å². The summed E-state index contributed by atoms with van der Waals surface area (Å²) in [6, 6.07) is 7.99. The van der Waals surface area contributed by atoms with Crippen LogP contribution in [0, 0.1) is 25.2 Å². The van der Waals surface area contributed by atoms with Gasteiger partial charge in [0.15, 0.2) is 0 Å². The Morgan fingerprint density at radius 2 is 2.09 bits per heavy atom. The van der Waals surface area contributed by atoms with Crippen LogP contribution in [0.2, 0.25) is 0 Å². The molecule has 23 heavy (non-hydrogen) atoms. The largest absolute Gasteiger partial charge is 0.463 e. The second-order valence-corrected chi connectivity index (χ2v) is 5.48. The quantitative estimate of drug-likeness (QED) is 0.867. The Hall–Kier alpha value is -2.74. The van der Waals surface area contributed by atoms with Gasteiger partial charge in [0.05, 0.1) is 18.1 Å². The lowest BCUT2D eigenvalue weighted by atomic mass is 9.80. The van der Waals surface area contributed by atoms with Crippen LogP contribution in [0.3, 0.4) is 0 Å². The van der Waals surface area contributed by atoms with E-state index in [0.717, 1.165) is 16.7 Å². The molecule has 0 amide bonds. The van der Waals surface area contributed by atoms with Gasteiger partial charge in [-0.25, -0.2) is 4.79 Å². The van der Waals surface area contributed by atoms with E-state index in [1.54, 1.807) is 13.8 Å². The molecule has 0 aromatic heterocycles. The van der Waals surface area contributed by atoms with Crippen LogP contribution < -0.4 is 5.73 Å². The third-order valence-electron chi connectivity index (χ3n) is 3.85. The number of hydrogen-bond acceptors (Lipinski definition) is 5. The number of benzene rings is 1. The van der Waals surface area contributed by atoms with Gasteiger partial charge in [0.25, 0.3) is 0 Å². The molecule has 1 aliphatic heterocycles. The molecule has 0 spiro atoms. The number of nitrogens with zero attached hydrogens (tertiary/aromatic N) is 1. The van der Waals surface area contributed by atoms with E-state index in [-0.39, 0.29) is 18.1 Å². The van der Waals surface area contributed by atoms with Crippen LogP contribution in [-0.2, 0) is 14.3 Å². The van der Waals surface area contributed by atoms with Gasteiger partial charge in [-0.2, -0.15) is 5.26 Å². The van der Waals surface area contributed by atoms with E-state index in [1.807, 2.05) is 32.0 Å². The number of ether oxygens (including phenoxy) is 2. The third kappa shape index (κ3) is 3.07. The summed E-state index contributed by atoms with van der Waals surface area (Å²) in [5, 5.41) is 9.53. The van der Waals surface area contributed by atoms with Gasteiger partial charge < -0.3 is 15.2 Å². The van der Waals surface area contributed by atoms with Crippen molar-refractivity contribution >= 4 is 5.97 Å². The number of carbonyl (C=O) groups is 1. The summed E-state index contributed by atoms with van der Waals surface area (Å²) in [7, 11) is 0. The minimum Gasteiger partial charge on any atom is -0.463 e. The van der Waals surface area contributed by atoms with Crippen LogP contribution in [0.1, 0.15) is 36.5 Å². The van der Waals surface area contributed by atoms with Crippen LogP contribution >= 0.6 is 0 Å². The lowest BCUT2D eigenvalue weighted by molar-refractivity contribution is -0.139. The Kier molecular flexibility index (Phi) is 4.75. The second kappa shape index (κ2) is 6.57. The van der Waals surface area contributed by atoms with Crippen LogP contribution in [0.5, 0.6) is 0 Å². The van der Waals surface area contributed by atoms with Gasteiger partial charge in [-0.1, -0.05) is 23.8 Å². The van der Waals surface area contributed by atoms with Gasteiger partial charge in [-0.3, -0.25) is 0 Å². The normalized spacial score (nSPS) is 17.6. The number of carbonyl (C=O) groups excluding carboxylic acids is 1. The number of rotatable bonds is 3. The van der Waals surface area contributed by atoms with Crippen molar-refractivity contribution < 1.29 is 14.3 Å². The van der Waals surface area contributed by atoms with Crippen molar-refractivity contribution in [3.8, 4) is 6.07 Å². The Bertz CT molecular complexity index is 754. The average Bonchev–Trinajstić information content (AvgIpc) is 2.49. The first-order valence-electron chi connectivity index (χ1n) is 7.43. The maximum atomic E-state index is 12.4. The van der Waals surface area contributed by atoms with Gasteiger partial charge in [0.2, 0.25) is 5.88 Å². The van der Waals surface area contributed by atoms with Crippen LogP contribution in [-0.4, -0.2) is 12.6 Å². The molecule has 2 N–H and O–H groups in total. The Balaban J connectivity index is 2.69. The van der Waals surface area contributed by atoms with Gasteiger partial charge in [-0.05, 0) is 38.8 Å². The Morgan fingerprint density at radius 1 is 1.39 bits per heavy atom. The minimum atomic E-state index is -0.576. The van der Waals surface area contributed by atoms with E-state index >= 15 is 0 Å². The van der Waals surface area contributed by atoms with Gasteiger partial charge >= 0.3 is 5.97 Å². The molecule has 5 nitrogen and oxygen atoms in total. The first-order chi connectivity index (χ1) is 10.9. The van der Waals surface area contributed by atoms with Crippen LogP contribution in [0.4, 0.5) is 0 Å². The third-order valence-corrected chi connectivity index (χ3v) is 3.85. The van der Waals surface area contributed by atoms with Crippen molar-refractivity contribution in [1.29, 1.82) is 5.26 Å². The lowest BCUT2D eigenvalue weighted by Gasteiger charge is -2.28. The fourth-order valence-corrected chi connectivity index (χ4v) is 2.74. The molecule has 0 bridgehead atoms. The molecule has 1 atom stereocenters. The Morgan fingerprint density at radius 3 is 2.70 bits per heavy atom. The molecule has 2 rings (SSSR count). The van der Waals surface area contributed by atoms with Crippen molar-refractivity contribution in [2.45, 2.75) is 33.6 Å². The molecule has 0 radical (unpaired) electrons. The van der Waals surface area contributed by atoms with Crippen molar-refractivity contribution in [3.63, 3.8) is 0 Å². The molecule has 1 aromatic rings. The predicted octanol–water partition coefficient (Wildman–Crippen LogP) is 2.95. The first-order valence-corrected chi connectivity index (χ1v) is 7.43. The minimum absolute atomic E-state index is 0.0314. The summed E-state index contributed by atoms with van der Waals surface area (Å²) < 4.78 is 10.6. The van der Waals surface area contributed by atoms with Gasteiger partial charge in [-0.15, -0.1) is 0 Å². The number of allylic oxidation sites excluding steroid dienone is 2. The molecular weight excluding hydrogens is 292 g/mol. The maximum Gasteiger partial charge on any atom is 0.338 e. The molecule has 0 aliphatic carbocycles. The molecule has 0 unspecified atom stereocenters. The number of esters is 1. The number of aryl methyl sites for hydroxylation is 2. The Labute approximate surface area is 136 Å². The summed E-state index contributed by atoms with van der Waals surface area (Å²) >= 11 is 0. The number of hydrogen-bond donors (Lipinski definition) is 1.